The third kappa shape index (κ3) is 12.5. The second-order valence-electron chi connectivity index (χ2n) is 8.55. The summed E-state index contributed by atoms with van der Waals surface area (Å²) in [5.74, 6) is -0.266. The first-order valence-corrected chi connectivity index (χ1v) is 13.2. The van der Waals surface area contributed by atoms with Gasteiger partial charge in [0.05, 0.1) is 6.61 Å². The molecular formula is C22H42O3Si. The van der Waals surface area contributed by atoms with Gasteiger partial charge in [0, 0.05) is 12.7 Å². The Hall–Kier alpha value is -0.873. The van der Waals surface area contributed by atoms with E-state index in [0.29, 0.717) is 11.6 Å². The van der Waals surface area contributed by atoms with Crippen LogP contribution in [0.5, 0.6) is 0 Å². The van der Waals surface area contributed by atoms with Gasteiger partial charge in [-0.25, -0.2) is 4.79 Å². The van der Waals surface area contributed by atoms with Crippen LogP contribution in [-0.4, -0.2) is 27.5 Å². The molecule has 4 heteroatoms. The van der Waals surface area contributed by atoms with Gasteiger partial charge in [0.1, 0.15) is 0 Å². The van der Waals surface area contributed by atoms with Crippen LogP contribution in [0.3, 0.4) is 0 Å². The van der Waals surface area contributed by atoms with E-state index in [0.717, 1.165) is 18.6 Å². The van der Waals surface area contributed by atoms with E-state index in [1.807, 2.05) is 19.9 Å². The topological polar surface area (TPSA) is 35.5 Å². The molecule has 0 rings (SSSR count). The second kappa shape index (κ2) is 13.3. The zero-order valence-corrected chi connectivity index (χ0v) is 19.3. The zero-order chi connectivity index (χ0) is 20.1. The van der Waals surface area contributed by atoms with Gasteiger partial charge in [-0.1, -0.05) is 64.2 Å². The molecule has 0 bridgehead atoms. The molecule has 0 spiro atoms. The highest BCUT2D eigenvalue weighted by molar-refractivity contribution is 6.74. The van der Waals surface area contributed by atoms with Crippen molar-refractivity contribution in [3.8, 4) is 0 Å². The van der Waals surface area contributed by atoms with Crippen molar-refractivity contribution in [3.05, 3.63) is 23.8 Å². The molecule has 0 aliphatic rings. The first-order valence-electron chi connectivity index (χ1n) is 10.3. The summed E-state index contributed by atoms with van der Waals surface area (Å²) in [6.45, 7) is 16.7. The van der Waals surface area contributed by atoms with Gasteiger partial charge < -0.3 is 9.16 Å². The maximum Gasteiger partial charge on any atom is 0.330 e. The molecule has 0 aliphatic carbocycles. The van der Waals surface area contributed by atoms with E-state index >= 15 is 0 Å². The third-order valence-corrected chi connectivity index (χ3v) is 9.64. The largest absolute Gasteiger partial charge is 0.463 e. The number of hydrogen-bond acceptors (Lipinski definition) is 3. The van der Waals surface area contributed by atoms with Crippen molar-refractivity contribution < 1.29 is 14.0 Å². The smallest absolute Gasteiger partial charge is 0.330 e. The molecule has 152 valence electrons. The average Bonchev–Trinajstić information content (AvgIpc) is 2.53. The number of hydrogen-bond donors (Lipinski definition) is 0. The van der Waals surface area contributed by atoms with Gasteiger partial charge >= 0.3 is 5.97 Å². The Morgan fingerprint density at radius 1 is 0.962 bits per heavy atom. The van der Waals surface area contributed by atoms with Gasteiger partial charge in [-0.2, -0.15) is 0 Å². The molecule has 0 N–H and O–H groups in total. The molecule has 0 amide bonds. The normalized spacial score (nSPS) is 13.4. The van der Waals surface area contributed by atoms with Crippen LogP contribution in [0.4, 0.5) is 0 Å². The number of unbranched alkanes of at least 4 members (excludes halogenated alkanes) is 6. The summed E-state index contributed by atoms with van der Waals surface area (Å²) >= 11 is 0. The number of rotatable bonds is 13. The first kappa shape index (κ1) is 25.1. The van der Waals surface area contributed by atoms with Gasteiger partial charge in [-0.3, -0.25) is 0 Å². The van der Waals surface area contributed by atoms with Crippen molar-refractivity contribution in [3.63, 3.8) is 0 Å². The molecule has 0 radical (unpaired) electrons. The Morgan fingerprint density at radius 2 is 1.54 bits per heavy atom. The fraction of sp³-hybridized carbons (Fsp3) is 0.773. The Morgan fingerprint density at radius 3 is 2.12 bits per heavy atom. The Kier molecular flexibility index (Phi) is 12.9. The summed E-state index contributed by atoms with van der Waals surface area (Å²) in [5.41, 5.74) is 1.13. The molecule has 0 aromatic rings. The van der Waals surface area contributed by atoms with Crippen molar-refractivity contribution in [2.24, 2.45) is 0 Å². The SMILES string of the molecule is CCOC(=O)/C=C/C(C)=C/CCCCCCCCO[Si](C)(C)C(C)(C)C. The standard InChI is InChI=1S/C22H42O3Si/c1-8-24-21(23)18-17-20(2)16-14-12-10-9-11-13-15-19-25-26(6,7)22(3,4)5/h16-18H,8-15,19H2,1-7H3/b18-17+,20-16+. The predicted octanol–water partition coefficient (Wildman–Crippen LogP) is 6.80. The van der Waals surface area contributed by atoms with E-state index in [1.165, 1.54) is 44.6 Å². The van der Waals surface area contributed by atoms with Crippen LogP contribution in [0, 0.1) is 0 Å². The number of allylic oxidation sites excluding steroid dienone is 3. The molecule has 0 heterocycles. The molecule has 0 atom stereocenters. The second-order valence-corrected chi connectivity index (χ2v) is 13.4. The first-order chi connectivity index (χ1) is 12.1. The molecule has 0 aromatic heterocycles. The lowest BCUT2D eigenvalue weighted by Crippen LogP contribution is -2.40. The maximum atomic E-state index is 11.2. The van der Waals surface area contributed by atoms with Crippen LogP contribution < -0.4 is 0 Å². The number of esters is 1. The summed E-state index contributed by atoms with van der Waals surface area (Å²) in [4.78, 5) is 11.2. The van der Waals surface area contributed by atoms with E-state index < -0.39 is 8.32 Å². The monoisotopic (exact) mass is 382 g/mol. The van der Waals surface area contributed by atoms with Crippen molar-refractivity contribution in [1.29, 1.82) is 0 Å². The van der Waals surface area contributed by atoms with Crippen molar-refractivity contribution in [1.82, 2.24) is 0 Å². The molecule has 3 nitrogen and oxygen atoms in total. The lowest BCUT2D eigenvalue weighted by Gasteiger charge is -2.36. The average molecular weight is 383 g/mol. The van der Waals surface area contributed by atoms with Crippen LogP contribution >= 0.6 is 0 Å². The molecule has 0 saturated carbocycles. The summed E-state index contributed by atoms with van der Waals surface area (Å²) in [6, 6.07) is 0. The summed E-state index contributed by atoms with van der Waals surface area (Å²) in [7, 11) is -1.56. The van der Waals surface area contributed by atoms with Gasteiger partial charge in [0.15, 0.2) is 8.32 Å². The highest BCUT2D eigenvalue weighted by Gasteiger charge is 2.36. The van der Waals surface area contributed by atoms with Gasteiger partial charge in [0.2, 0.25) is 0 Å². The number of carbonyl (C=O) groups is 1. The van der Waals surface area contributed by atoms with E-state index in [1.54, 1.807) is 0 Å². The summed E-state index contributed by atoms with van der Waals surface area (Å²) in [6.07, 6.45) is 14.1. The summed E-state index contributed by atoms with van der Waals surface area (Å²) < 4.78 is 11.1. The van der Waals surface area contributed by atoms with Crippen LogP contribution in [0.2, 0.25) is 18.1 Å². The van der Waals surface area contributed by atoms with Crippen LogP contribution in [0.1, 0.15) is 79.6 Å². The van der Waals surface area contributed by atoms with Gasteiger partial charge in [-0.15, -0.1) is 0 Å². The van der Waals surface area contributed by atoms with Crippen molar-refractivity contribution in [2.45, 2.75) is 97.7 Å². The fourth-order valence-electron chi connectivity index (χ4n) is 2.28. The van der Waals surface area contributed by atoms with Gasteiger partial charge in [-0.05, 0) is 51.2 Å². The highest BCUT2D eigenvalue weighted by Crippen LogP contribution is 2.36. The lowest BCUT2D eigenvalue weighted by atomic mass is 10.1. The van der Waals surface area contributed by atoms with E-state index in [-0.39, 0.29) is 5.97 Å². The van der Waals surface area contributed by atoms with Crippen molar-refractivity contribution in [2.75, 3.05) is 13.2 Å². The molecule has 26 heavy (non-hydrogen) atoms. The molecule has 0 aromatic carbocycles. The van der Waals surface area contributed by atoms with E-state index in [9.17, 15) is 4.79 Å². The lowest BCUT2D eigenvalue weighted by molar-refractivity contribution is -0.137. The maximum absolute atomic E-state index is 11.2. The van der Waals surface area contributed by atoms with Crippen LogP contribution in [0.15, 0.2) is 23.8 Å². The molecule has 0 aliphatic heterocycles. The molecule has 0 fully saturated rings. The Bertz CT molecular complexity index is 445. The molecule has 0 unspecified atom stereocenters. The van der Waals surface area contributed by atoms with Crippen molar-refractivity contribution >= 4 is 14.3 Å². The number of ether oxygens (including phenoxy) is 1. The predicted molar refractivity (Wildman–Crippen MR) is 115 cm³/mol. The van der Waals surface area contributed by atoms with Crippen LogP contribution in [0.25, 0.3) is 0 Å². The quantitative estimate of drug-likeness (QED) is 0.115. The molecule has 0 saturated heterocycles. The minimum Gasteiger partial charge on any atom is -0.463 e. The minimum atomic E-state index is -1.56. The third-order valence-electron chi connectivity index (χ3n) is 5.10. The number of carbonyl (C=O) groups excluding carboxylic acids is 1. The van der Waals surface area contributed by atoms with E-state index in [2.05, 4.69) is 39.9 Å². The highest BCUT2D eigenvalue weighted by atomic mass is 28.4. The summed E-state index contributed by atoms with van der Waals surface area (Å²) in [5, 5.41) is 0.310. The van der Waals surface area contributed by atoms with E-state index in [4.69, 9.17) is 9.16 Å². The molecular weight excluding hydrogens is 340 g/mol. The Balaban J connectivity index is 3.65. The van der Waals surface area contributed by atoms with Gasteiger partial charge in [0.25, 0.3) is 0 Å². The van der Waals surface area contributed by atoms with Crippen LogP contribution in [-0.2, 0) is 14.0 Å². The Labute approximate surface area is 163 Å². The fourth-order valence-corrected chi connectivity index (χ4v) is 3.37. The zero-order valence-electron chi connectivity index (χ0n) is 18.3. The minimum absolute atomic E-state index is 0.266.